The van der Waals surface area contributed by atoms with E-state index < -0.39 is 59.8 Å². The number of primary sulfonamides is 2. The van der Waals surface area contributed by atoms with Crippen molar-refractivity contribution in [2.24, 2.45) is 10.3 Å². The van der Waals surface area contributed by atoms with Crippen molar-refractivity contribution >= 4 is 20.0 Å². The van der Waals surface area contributed by atoms with Crippen LogP contribution in [0.4, 0.5) is 26.3 Å². The zero-order valence-corrected chi connectivity index (χ0v) is 25.6. The molecule has 0 aliphatic heterocycles. The second-order valence-electron chi connectivity index (χ2n) is 10.1. The number of nitriles is 1. The first-order chi connectivity index (χ1) is 19.5. The summed E-state index contributed by atoms with van der Waals surface area (Å²) in [5.74, 6) is -6.65. The first-order valence-corrected chi connectivity index (χ1v) is 15.5. The van der Waals surface area contributed by atoms with Gasteiger partial charge in [0.1, 0.15) is 11.6 Å². The number of benzene rings is 3. The Balaban J connectivity index is 0.000000324. The second-order valence-corrected chi connectivity index (χ2v) is 13.2. The zero-order chi connectivity index (χ0) is 33.6. The monoisotopic (exact) mass is 651 g/mol. The molecule has 0 aromatic heterocycles. The van der Waals surface area contributed by atoms with E-state index in [1.807, 2.05) is 19.9 Å². The maximum atomic E-state index is 13.3. The number of hydrogen-bond donors (Lipinski definition) is 2. The van der Waals surface area contributed by atoms with E-state index in [9.17, 15) is 43.2 Å². The Hall–Kier alpha value is -3.45. The molecule has 0 heterocycles. The number of nitrogens with two attached hydrogens (primary N) is 2. The summed E-state index contributed by atoms with van der Waals surface area (Å²) in [5, 5.41) is 18.4. The van der Waals surface area contributed by atoms with Gasteiger partial charge in [-0.2, -0.15) is 5.26 Å². The molecule has 15 heteroatoms. The Morgan fingerprint density at radius 1 is 0.581 bits per heavy atom. The lowest BCUT2D eigenvalue weighted by Crippen LogP contribution is -2.16. The fourth-order valence-corrected chi connectivity index (χ4v) is 5.54. The predicted octanol–water partition coefficient (Wildman–Crippen LogP) is 6.43. The van der Waals surface area contributed by atoms with Crippen LogP contribution in [0.25, 0.3) is 0 Å². The second kappa shape index (κ2) is 14.8. The van der Waals surface area contributed by atoms with Gasteiger partial charge in [-0.15, -0.1) is 0 Å². The van der Waals surface area contributed by atoms with Crippen LogP contribution in [-0.2, 0) is 20.0 Å². The van der Waals surface area contributed by atoms with Crippen molar-refractivity contribution in [3.8, 4) is 6.07 Å². The average molecular weight is 652 g/mol. The highest BCUT2D eigenvalue weighted by molar-refractivity contribution is 7.89. The quantitative estimate of drug-likeness (QED) is 0.306. The van der Waals surface area contributed by atoms with Crippen LogP contribution in [0.5, 0.6) is 0 Å². The van der Waals surface area contributed by atoms with Crippen molar-refractivity contribution in [1.82, 2.24) is 0 Å². The topological polar surface area (TPSA) is 144 Å². The van der Waals surface area contributed by atoms with Gasteiger partial charge in [-0.25, -0.2) is 53.5 Å². The van der Waals surface area contributed by atoms with Crippen LogP contribution < -0.4 is 10.3 Å². The Kier molecular flexibility index (Phi) is 13.0. The van der Waals surface area contributed by atoms with Gasteiger partial charge < -0.3 is 0 Å². The molecule has 3 aromatic rings. The molecule has 0 fully saturated rings. The molecule has 0 bridgehead atoms. The minimum absolute atomic E-state index is 0.0183. The number of sulfonamides is 2. The summed E-state index contributed by atoms with van der Waals surface area (Å²) >= 11 is 0. The molecule has 43 heavy (non-hydrogen) atoms. The molecule has 0 spiro atoms. The van der Waals surface area contributed by atoms with E-state index in [1.54, 1.807) is 27.7 Å². The minimum Gasteiger partial charge on any atom is -0.225 e. The molecule has 0 amide bonds. The number of hydrogen-bond acceptors (Lipinski definition) is 5. The van der Waals surface area contributed by atoms with Crippen LogP contribution in [0, 0.1) is 46.2 Å². The summed E-state index contributed by atoms with van der Waals surface area (Å²) < 4.78 is 122. The van der Waals surface area contributed by atoms with Crippen LogP contribution in [-0.4, -0.2) is 16.8 Å². The molecule has 7 nitrogen and oxygen atoms in total. The maximum Gasteiger partial charge on any atom is 0.238 e. The fraction of sp³-hybridized carbons (Fsp3) is 0.321. The van der Waals surface area contributed by atoms with Crippen LogP contribution in [0.2, 0.25) is 0 Å². The third kappa shape index (κ3) is 10.3. The van der Waals surface area contributed by atoms with Crippen molar-refractivity contribution < 1.29 is 43.2 Å². The van der Waals surface area contributed by atoms with Gasteiger partial charge in [0, 0.05) is 11.6 Å². The zero-order valence-electron chi connectivity index (χ0n) is 24.0. The smallest absolute Gasteiger partial charge is 0.225 e. The molecule has 0 saturated heterocycles. The van der Waals surface area contributed by atoms with Gasteiger partial charge in [0.25, 0.3) is 0 Å². The summed E-state index contributed by atoms with van der Waals surface area (Å²) in [6.45, 7) is 10.2. The lowest BCUT2D eigenvalue weighted by molar-refractivity contribution is 0.500. The van der Waals surface area contributed by atoms with Crippen molar-refractivity contribution in [1.29, 1.82) is 5.26 Å². The molecule has 4 N–H and O–H groups in total. The largest absolute Gasteiger partial charge is 0.238 e. The van der Waals surface area contributed by atoms with Gasteiger partial charge in [0.05, 0.1) is 21.4 Å². The molecule has 236 valence electrons. The van der Waals surface area contributed by atoms with E-state index in [0.717, 1.165) is 24.3 Å². The summed E-state index contributed by atoms with van der Waals surface area (Å²) in [6, 6.07) is 6.70. The highest BCUT2D eigenvalue weighted by Crippen LogP contribution is 2.27. The van der Waals surface area contributed by atoms with E-state index in [2.05, 4.69) is 0 Å². The highest BCUT2D eigenvalue weighted by atomic mass is 32.2. The van der Waals surface area contributed by atoms with E-state index in [4.69, 9.17) is 15.5 Å². The fourth-order valence-electron chi connectivity index (χ4n) is 3.74. The summed E-state index contributed by atoms with van der Waals surface area (Å²) in [7, 11) is -8.13. The molecular formula is C28H31F6N3O4S2. The normalized spacial score (nSPS) is 11.5. The molecule has 0 saturated carbocycles. The number of halogens is 6. The van der Waals surface area contributed by atoms with Crippen molar-refractivity contribution in [3.63, 3.8) is 0 Å². The van der Waals surface area contributed by atoms with Crippen LogP contribution in [0.3, 0.4) is 0 Å². The lowest BCUT2D eigenvalue weighted by atomic mass is 9.98. The Labute approximate surface area is 247 Å². The number of rotatable bonds is 5. The van der Waals surface area contributed by atoms with Crippen molar-refractivity contribution in [2.45, 2.75) is 69.1 Å². The van der Waals surface area contributed by atoms with Crippen LogP contribution in [0.1, 0.15) is 81.5 Å². The third-order valence-corrected chi connectivity index (χ3v) is 7.67. The minimum atomic E-state index is -4.10. The Bertz CT molecular complexity index is 1740. The molecular weight excluding hydrogens is 620 g/mol. The molecule has 3 rings (SSSR count). The molecule has 0 radical (unpaired) electrons. The van der Waals surface area contributed by atoms with E-state index >= 15 is 0 Å². The first kappa shape index (κ1) is 37.6. The van der Waals surface area contributed by atoms with Gasteiger partial charge >= 0.3 is 0 Å². The first-order valence-electron chi connectivity index (χ1n) is 12.4. The number of nitrogens with zero attached hydrogens (tertiary/aromatic N) is 1. The van der Waals surface area contributed by atoms with E-state index in [0.29, 0.717) is 17.7 Å². The van der Waals surface area contributed by atoms with Gasteiger partial charge in [0.15, 0.2) is 23.3 Å². The van der Waals surface area contributed by atoms with Crippen LogP contribution in [0.15, 0.2) is 46.2 Å². The van der Waals surface area contributed by atoms with Gasteiger partial charge in [-0.3, -0.25) is 0 Å². The van der Waals surface area contributed by atoms with Crippen molar-refractivity contribution in [2.75, 3.05) is 0 Å². The van der Waals surface area contributed by atoms with E-state index in [1.165, 1.54) is 0 Å². The SMILES string of the molecule is CC(C)c1c(F)cc(F)cc1S(N)(=O)=O.CC(C)c1cc(F)c(F)cc1C#N.CC(C)c1cc(F)c(F)cc1S(N)(=O)=O. The predicted molar refractivity (Wildman–Crippen MR) is 149 cm³/mol. The standard InChI is InChI=1S/C10H9F2N.2C9H11F2NO2S/c1-6(2)8-4-10(12)9(11)3-7(8)5-13;1-5(2)6-3-7(10)8(11)4-9(6)15(12,13)14;1-5(2)9-7(11)3-6(10)4-8(9)15(12,13)14/h3-4,6H,1-2H3;2*3-5H,1-2H3,(H2,12,13,14). The summed E-state index contributed by atoms with van der Waals surface area (Å²) in [4.78, 5) is -0.855. The molecule has 0 atom stereocenters. The maximum absolute atomic E-state index is 13.3. The average Bonchev–Trinajstić information content (AvgIpc) is 2.85. The summed E-state index contributed by atoms with van der Waals surface area (Å²) in [5.41, 5.74) is 0.839. The van der Waals surface area contributed by atoms with E-state index in [-0.39, 0.29) is 39.3 Å². The third-order valence-electron chi connectivity index (χ3n) is 5.76. The molecule has 0 aliphatic rings. The Morgan fingerprint density at radius 2 is 1.00 bits per heavy atom. The molecule has 0 aliphatic carbocycles. The Morgan fingerprint density at radius 3 is 1.40 bits per heavy atom. The van der Waals surface area contributed by atoms with Gasteiger partial charge in [-0.1, -0.05) is 41.5 Å². The van der Waals surface area contributed by atoms with Crippen LogP contribution >= 0.6 is 0 Å². The lowest BCUT2D eigenvalue weighted by Gasteiger charge is -2.12. The molecule has 3 aromatic carbocycles. The van der Waals surface area contributed by atoms with Gasteiger partial charge in [0.2, 0.25) is 20.0 Å². The summed E-state index contributed by atoms with van der Waals surface area (Å²) in [6.07, 6.45) is 0. The molecule has 0 unspecified atom stereocenters. The highest BCUT2D eigenvalue weighted by Gasteiger charge is 2.22. The van der Waals surface area contributed by atoms with Crippen molar-refractivity contribution in [3.05, 3.63) is 93.6 Å². The van der Waals surface area contributed by atoms with Gasteiger partial charge in [-0.05, 0) is 59.2 Å².